The van der Waals surface area contributed by atoms with Crippen LogP contribution in [0.5, 0.6) is 0 Å². The maximum Gasteiger partial charge on any atom is 0.190 e. The molecule has 0 aliphatic carbocycles. The van der Waals surface area contributed by atoms with E-state index in [0.29, 0.717) is 11.0 Å². The summed E-state index contributed by atoms with van der Waals surface area (Å²) < 4.78 is 0.682. The zero-order valence-electron chi connectivity index (χ0n) is 6.16. The highest BCUT2D eigenvalue weighted by Gasteiger charge is 2.13. The van der Waals surface area contributed by atoms with Crippen molar-refractivity contribution in [3.8, 4) is 0 Å². The first-order valence-corrected chi connectivity index (χ1v) is 2.82. The normalized spacial score (nSPS) is 15.7. The molecule has 0 heterocycles. The lowest BCUT2D eigenvalue weighted by Crippen LogP contribution is -2.45. The van der Waals surface area contributed by atoms with Crippen molar-refractivity contribution >= 4 is 0 Å². The van der Waals surface area contributed by atoms with Crippen molar-refractivity contribution in [2.45, 2.75) is 6.23 Å². The van der Waals surface area contributed by atoms with Crippen LogP contribution in [-0.4, -0.2) is 43.7 Å². The van der Waals surface area contributed by atoms with Crippen molar-refractivity contribution in [1.82, 2.24) is 0 Å². The Morgan fingerprint density at radius 1 is 1.56 bits per heavy atom. The van der Waals surface area contributed by atoms with Crippen molar-refractivity contribution in [3.05, 3.63) is 0 Å². The molecule has 0 aliphatic heterocycles. The minimum atomic E-state index is -0.579. The van der Waals surface area contributed by atoms with Gasteiger partial charge in [0.1, 0.15) is 6.54 Å². The Kier molecular flexibility index (Phi) is 3.07. The first-order chi connectivity index (χ1) is 3.95. The summed E-state index contributed by atoms with van der Waals surface area (Å²) in [7, 11) is 5.91. The zero-order chi connectivity index (χ0) is 7.49. The SMILES string of the molecule is C[N+](C)(C)CC(N)OO. The fraction of sp³-hybridized carbons (Fsp3) is 1.00. The number of hydrogen-bond donors (Lipinski definition) is 2. The average molecular weight is 135 g/mol. The minimum absolute atomic E-state index is 0.579. The second kappa shape index (κ2) is 3.12. The summed E-state index contributed by atoms with van der Waals surface area (Å²) in [6.07, 6.45) is -0.579. The lowest BCUT2D eigenvalue weighted by Gasteiger charge is -2.25. The Morgan fingerprint density at radius 2 is 2.00 bits per heavy atom. The van der Waals surface area contributed by atoms with E-state index in [0.717, 1.165) is 0 Å². The number of quaternary nitrogens is 1. The van der Waals surface area contributed by atoms with Crippen molar-refractivity contribution in [1.29, 1.82) is 0 Å². The number of likely N-dealkylation sites (N-methyl/N-ethyl adjacent to an activating group) is 1. The van der Waals surface area contributed by atoms with Gasteiger partial charge in [-0.1, -0.05) is 0 Å². The van der Waals surface area contributed by atoms with E-state index in [4.69, 9.17) is 11.0 Å². The van der Waals surface area contributed by atoms with Crippen molar-refractivity contribution in [3.63, 3.8) is 0 Å². The Labute approximate surface area is 55.3 Å². The van der Waals surface area contributed by atoms with Gasteiger partial charge < -0.3 is 4.48 Å². The summed E-state index contributed by atoms with van der Waals surface area (Å²) in [5.41, 5.74) is 5.27. The molecule has 1 atom stereocenters. The van der Waals surface area contributed by atoms with Gasteiger partial charge in [0.2, 0.25) is 0 Å². The van der Waals surface area contributed by atoms with E-state index in [1.54, 1.807) is 0 Å². The summed E-state index contributed by atoms with van der Waals surface area (Å²) in [5, 5.41) is 8.06. The molecule has 0 fully saturated rings. The molecule has 1 unspecified atom stereocenters. The van der Waals surface area contributed by atoms with E-state index in [1.165, 1.54) is 0 Å². The highest BCUT2D eigenvalue weighted by atomic mass is 17.1. The molecular formula is C5H15N2O2+. The molecule has 0 aromatic carbocycles. The van der Waals surface area contributed by atoms with E-state index < -0.39 is 6.23 Å². The molecule has 56 valence electrons. The molecule has 4 heteroatoms. The van der Waals surface area contributed by atoms with E-state index in [-0.39, 0.29) is 0 Å². The average Bonchev–Trinajstić information content (AvgIpc) is 1.62. The van der Waals surface area contributed by atoms with Gasteiger partial charge in [0, 0.05) is 0 Å². The Balaban J connectivity index is 3.47. The molecule has 0 radical (unpaired) electrons. The molecule has 9 heavy (non-hydrogen) atoms. The van der Waals surface area contributed by atoms with Crippen molar-refractivity contribution in [2.75, 3.05) is 27.7 Å². The third kappa shape index (κ3) is 5.72. The van der Waals surface area contributed by atoms with Gasteiger partial charge in [0.05, 0.1) is 21.1 Å². The largest absolute Gasteiger partial charge is 0.328 e. The standard InChI is InChI=1S/C5H14N2O2/c1-7(2,3)4-5(6)9-8/h5H,4,6H2,1-3H3/p+1. The molecule has 0 rings (SSSR count). The highest BCUT2D eigenvalue weighted by molar-refractivity contribution is 4.38. The quantitative estimate of drug-likeness (QED) is 0.237. The van der Waals surface area contributed by atoms with Gasteiger partial charge in [0.25, 0.3) is 0 Å². The van der Waals surface area contributed by atoms with E-state index in [9.17, 15) is 0 Å². The van der Waals surface area contributed by atoms with E-state index in [1.807, 2.05) is 21.1 Å². The van der Waals surface area contributed by atoms with E-state index in [2.05, 4.69) is 4.89 Å². The van der Waals surface area contributed by atoms with Gasteiger partial charge >= 0.3 is 0 Å². The fourth-order valence-electron chi connectivity index (χ4n) is 0.573. The van der Waals surface area contributed by atoms with Crippen LogP contribution in [0.2, 0.25) is 0 Å². The van der Waals surface area contributed by atoms with Crippen LogP contribution in [0, 0.1) is 0 Å². The van der Waals surface area contributed by atoms with Crippen LogP contribution >= 0.6 is 0 Å². The number of hydrogen-bond acceptors (Lipinski definition) is 3. The lowest BCUT2D eigenvalue weighted by atomic mass is 10.5. The molecule has 0 saturated carbocycles. The summed E-state index contributed by atoms with van der Waals surface area (Å²) in [6.45, 7) is 0.594. The van der Waals surface area contributed by atoms with Gasteiger partial charge in [0.15, 0.2) is 6.23 Å². The minimum Gasteiger partial charge on any atom is -0.328 e. The Hall–Kier alpha value is -0.160. The first-order valence-electron chi connectivity index (χ1n) is 2.82. The van der Waals surface area contributed by atoms with Gasteiger partial charge in [-0.05, 0) is 0 Å². The third-order valence-electron chi connectivity index (χ3n) is 0.863. The predicted octanol–water partition coefficient (Wildman–Crippen LogP) is -0.533. The highest BCUT2D eigenvalue weighted by Crippen LogP contribution is 1.91. The molecule has 0 amide bonds. The van der Waals surface area contributed by atoms with Crippen LogP contribution in [0.15, 0.2) is 0 Å². The molecular weight excluding hydrogens is 120 g/mol. The lowest BCUT2D eigenvalue weighted by molar-refractivity contribution is -0.875. The molecule has 0 aromatic rings. The summed E-state index contributed by atoms with van der Waals surface area (Å²) in [5.74, 6) is 0. The van der Waals surface area contributed by atoms with Crippen LogP contribution in [0.1, 0.15) is 0 Å². The van der Waals surface area contributed by atoms with Crippen LogP contribution < -0.4 is 5.73 Å². The summed E-state index contributed by atoms with van der Waals surface area (Å²) in [6, 6.07) is 0. The fourth-order valence-corrected chi connectivity index (χ4v) is 0.573. The van der Waals surface area contributed by atoms with Crippen molar-refractivity contribution < 1.29 is 14.6 Å². The monoisotopic (exact) mass is 135 g/mol. The first kappa shape index (κ1) is 8.84. The molecule has 3 N–H and O–H groups in total. The molecule has 0 bridgehead atoms. The molecule has 0 aromatic heterocycles. The van der Waals surface area contributed by atoms with Gasteiger partial charge in [-0.25, -0.2) is 10.1 Å². The van der Waals surface area contributed by atoms with Crippen LogP contribution in [0.25, 0.3) is 0 Å². The second-order valence-corrected chi connectivity index (χ2v) is 3.12. The van der Waals surface area contributed by atoms with Crippen LogP contribution in [0.3, 0.4) is 0 Å². The topological polar surface area (TPSA) is 55.5 Å². The van der Waals surface area contributed by atoms with E-state index >= 15 is 0 Å². The zero-order valence-corrected chi connectivity index (χ0v) is 6.16. The Morgan fingerprint density at radius 3 is 2.11 bits per heavy atom. The van der Waals surface area contributed by atoms with Crippen molar-refractivity contribution in [2.24, 2.45) is 5.73 Å². The van der Waals surface area contributed by atoms with Gasteiger partial charge in [-0.3, -0.25) is 5.73 Å². The molecule has 0 spiro atoms. The van der Waals surface area contributed by atoms with Gasteiger partial charge in [-0.15, -0.1) is 0 Å². The maximum atomic E-state index is 8.06. The molecule has 4 nitrogen and oxygen atoms in total. The predicted molar refractivity (Wildman–Crippen MR) is 34.6 cm³/mol. The summed E-state index contributed by atoms with van der Waals surface area (Å²) >= 11 is 0. The number of nitrogens with two attached hydrogens (primary N) is 1. The third-order valence-corrected chi connectivity index (χ3v) is 0.863. The smallest absolute Gasteiger partial charge is 0.190 e. The molecule has 0 aliphatic rings. The van der Waals surface area contributed by atoms with Crippen LogP contribution in [-0.2, 0) is 4.89 Å². The number of nitrogens with zero attached hydrogens (tertiary/aromatic N) is 1. The Bertz CT molecular complexity index is 79.5. The van der Waals surface area contributed by atoms with Crippen LogP contribution in [0.4, 0.5) is 0 Å². The summed E-state index contributed by atoms with van der Waals surface area (Å²) in [4.78, 5) is 3.89. The maximum absolute atomic E-state index is 8.06. The molecule has 0 saturated heterocycles. The number of rotatable bonds is 3. The second-order valence-electron chi connectivity index (χ2n) is 3.12. The van der Waals surface area contributed by atoms with Gasteiger partial charge in [-0.2, -0.15) is 0 Å².